The normalized spacial score (nSPS) is 28.9. The van der Waals surface area contributed by atoms with E-state index in [0.29, 0.717) is 5.57 Å². The standard InChI is InChI=1S/C14H24NO8PS/c1-5-20-14(16)10-8-11-13(12(9-10)23-25(4,18)19)15(11)24(17,21-6-2)22-7-3/h8,11-13H,5-7,9H2,1-4H3. The van der Waals surface area contributed by atoms with Crippen LogP contribution in [0.1, 0.15) is 27.2 Å². The average Bonchev–Trinajstić information content (AvgIpc) is 3.22. The molecule has 1 saturated heterocycles. The second kappa shape index (κ2) is 7.85. The zero-order chi connectivity index (χ0) is 18.8. The number of fused-ring (bicyclic) bond motifs is 1. The number of rotatable bonds is 9. The van der Waals surface area contributed by atoms with E-state index in [1.165, 1.54) is 4.67 Å². The van der Waals surface area contributed by atoms with Gasteiger partial charge in [-0.05, 0) is 20.8 Å². The fraction of sp³-hybridized carbons (Fsp3) is 0.786. The van der Waals surface area contributed by atoms with Gasteiger partial charge in [0.2, 0.25) is 0 Å². The summed E-state index contributed by atoms with van der Waals surface area (Å²) in [5.74, 6) is -0.544. The van der Waals surface area contributed by atoms with Crippen molar-refractivity contribution in [3.8, 4) is 0 Å². The van der Waals surface area contributed by atoms with Crippen LogP contribution in [0.4, 0.5) is 0 Å². The fourth-order valence-corrected chi connectivity index (χ4v) is 5.65. The minimum absolute atomic E-state index is 0.0435. The Labute approximate surface area is 148 Å². The zero-order valence-electron chi connectivity index (χ0n) is 14.7. The van der Waals surface area contributed by atoms with E-state index in [4.69, 9.17) is 18.0 Å². The van der Waals surface area contributed by atoms with Gasteiger partial charge in [-0.3, -0.25) is 13.2 Å². The molecule has 9 nitrogen and oxygen atoms in total. The monoisotopic (exact) mass is 397 g/mol. The fourth-order valence-electron chi connectivity index (χ4n) is 2.95. The molecule has 1 heterocycles. The van der Waals surface area contributed by atoms with E-state index in [9.17, 15) is 17.8 Å². The van der Waals surface area contributed by atoms with Crippen LogP contribution >= 0.6 is 7.75 Å². The Morgan fingerprint density at radius 1 is 1.24 bits per heavy atom. The number of ether oxygens (including phenoxy) is 1. The quantitative estimate of drug-likeness (QED) is 0.247. The zero-order valence-corrected chi connectivity index (χ0v) is 16.4. The molecule has 1 aliphatic carbocycles. The third-order valence-electron chi connectivity index (χ3n) is 3.75. The predicted octanol–water partition coefficient (Wildman–Crippen LogP) is 1.46. The first-order valence-corrected chi connectivity index (χ1v) is 11.4. The maximum atomic E-state index is 13.0. The number of hydrogen-bond donors (Lipinski definition) is 0. The molecular weight excluding hydrogens is 373 g/mol. The average molecular weight is 397 g/mol. The molecule has 0 aromatic heterocycles. The Bertz CT molecular complexity index is 681. The molecule has 4 atom stereocenters. The van der Waals surface area contributed by atoms with Gasteiger partial charge in [-0.1, -0.05) is 6.08 Å². The van der Waals surface area contributed by atoms with Crippen molar-refractivity contribution in [2.45, 2.75) is 45.4 Å². The maximum absolute atomic E-state index is 13.0. The van der Waals surface area contributed by atoms with Gasteiger partial charge in [-0.15, -0.1) is 0 Å². The molecule has 0 radical (unpaired) electrons. The van der Waals surface area contributed by atoms with Crippen molar-refractivity contribution in [1.82, 2.24) is 4.67 Å². The highest BCUT2D eigenvalue weighted by Gasteiger charge is 2.64. The van der Waals surface area contributed by atoms with E-state index in [2.05, 4.69) is 0 Å². The van der Waals surface area contributed by atoms with Crippen LogP contribution < -0.4 is 0 Å². The van der Waals surface area contributed by atoms with Gasteiger partial charge in [0.25, 0.3) is 10.1 Å². The third kappa shape index (κ3) is 4.69. The second-order valence-electron chi connectivity index (χ2n) is 5.62. The molecule has 0 amide bonds. The van der Waals surface area contributed by atoms with Crippen LogP contribution in [0, 0.1) is 0 Å². The van der Waals surface area contributed by atoms with Gasteiger partial charge >= 0.3 is 13.7 Å². The van der Waals surface area contributed by atoms with Gasteiger partial charge in [-0.2, -0.15) is 13.1 Å². The minimum atomic E-state index is -3.76. The first-order valence-electron chi connectivity index (χ1n) is 8.10. The molecule has 1 fully saturated rings. The lowest BCUT2D eigenvalue weighted by atomic mass is 9.97. The maximum Gasteiger partial charge on any atom is 0.409 e. The predicted molar refractivity (Wildman–Crippen MR) is 89.3 cm³/mol. The number of hydrogen-bond acceptors (Lipinski definition) is 8. The number of nitrogens with zero attached hydrogens (tertiary/aromatic N) is 1. The molecule has 25 heavy (non-hydrogen) atoms. The molecule has 0 spiro atoms. The molecular formula is C14H24NO8PS. The summed E-state index contributed by atoms with van der Waals surface area (Å²) in [6, 6.07) is -0.972. The van der Waals surface area contributed by atoms with Crippen LogP contribution in [-0.2, 0) is 37.4 Å². The summed E-state index contributed by atoms with van der Waals surface area (Å²) in [5.41, 5.74) is 0.291. The third-order valence-corrected chi connectivity index (χ3v) is 6.61. The molecule has 0 N–H and O–H groups in total. The highest BCUT2D eigenvalue weighted by atomic mass is 32.2. The largest absolute Gasteiger partial charge is 0.463 e. The van der Waals surface area contributed by atoms with E-state index < -0.39 is 42.0 Å². The van der Waals surface area contributed by atoms with Crippen molar-refractivity contribution >= 4 is 23.8 Å². The van der Waals surface area contributed by atoms with Crippen LogP contribution in [0.5, 0.6) is 0 Å². The molecule has 0 saturated carbocycles. The minimum Gasteiger partial charge on any atom is -0.463 e. The number of carbonyl (C=O) groups is 1. The van der Waals surface area contributed by atoms with E-state index in [-0.39, 0.29) is 26.2 Å². The Kier molecular flexibility index (Phi) is 6.45. The Balaban J connectivity index is 2.31. The molecule has 2 aliphatic rings. The molecule has 144 valence electrons. The van der Waals surface area contributed by atoms with Gasteiger partial charge in [0, 0.05) is 12.0 Å². The molecule has 2 rings (SSSR count). The van der Waals surface area contributed by atoms with Gasteiger partial charge < -0.3 is 4.74 Å². The highest BCUT2D eigenvalue weighted by molar-refractivity contribution is 7.86. The Morgan fingerprint density at radius 3 is 2.32 bits per heavy atom. The molecule has 0 bridgehead atoms. The number of carbonyl (C=O) groups excluding carboxylic acids is 1. The molecule has 0 aromatic rings. The van der Waals surface area contributed by atoms with Crippen molar-refractivity contribution in [3.63, 3.8) is 0 Å². The van der Waals surface area contributed by atoms with Crippen LogP contribution in [0.2, 0.25) is 0 Å². The van der Waals surface area contributed by atoms with E-state index >= 15 is 0 Å². The number of esters is 1. The van der Waals surface area contributed by atoms with Crippen molar-refractivity contribution in [1.29, 1.82) is 0 Å². The van der Waals surface area contributed by atoms with Crippen LogP contribution in [0.3, 0.4) is 0 Å². The summed E-state index contributed by atoms with van der Waals surface area (Å²) < 4.78 is 58.3. The van der Waals surface area contributed by atoms with Gasteiger partial charge in [0.05, 0.1) is 44.3 Å². The van der Waals surface area contributed by atoms with Crippen molar-refractivity contribution in [3.05, 3.63) is 11.6 Å². The van der Waals surface area contributed by atoms with Gasteiger partial charge in [0.1, 0.15) is 0 Å². The first-order chi connectivity index (χ1) is 11.7. The first kappa shape index (κ1) is 20.5. The molecule has 0 aromatic carbocycles. The van der Waals surface area contributed by atoms with E-state index in [1.54, 1.807) is 26.8 Å². The summed E-state index contributed by atoms with van der Waals surface area (Å²) in [6.45, 7) is 5.57. The smallest absolute Gasteiger partial charge is 0.409 e. The lowest BCUT2D eigenvalue weighted by Gasteiger charge is -2.21. The lowest BCUT2D eigenvalue weighted by Crippen LogP contribution is -2.30. The van der Waals surface area contributed by atoms with Crippen LogP contribution in [-0.4, -0.2) is 63.3 Å². The highest BCUT2D eigenvalue weighted by Crippen LogP contribution is 2.64. The SMILES string of the molecule is CCOC(=O)C1=CC2C(C(OS(C)(=O)=O)C1)N2P(=O)(OCC)OCC. The molecule has 11 heteroatoms. The molecule has 1 aliphatic heterocycles. The van der Waals surface area contributed by atoms with E-state index in [1.807, 2.05) is 0 Å². The van der Waals surface area contributed by atoms with Crippen molar-refractivity contribution < 1.29 is 35.7 Å². The van der Waals surface area contributed by atoms with Crippen LogP contribution in [0.15, 0.2) is 11.6 Å². The van der Waals surface area contributed by atoms with Crippen molar-refractivity contribution in [2.24, 2.45) is 0 Å². The Hall–Kier alpha value is -0.770. The van der Waals surface area contributed by atoms with Gasteiger partial charge in [0.15, 0.2) is 0 Å². The summed E-state index contributed by atoms with van der Waals surface area (Å²) in [6.07, 6.45) is 1.73. The topological polar surface area (TPSA) is 108 Å². The van der Waals surface area contributed by atoms with Crippen molar-refractivity contribution in [2.75, 3.05) is 26.1 Å². The summed E-state index contributed by atoms with van der Waals surface area (Å²) in [7, 11) is -7.36. The summed E-state index contributed by atoms with van der Waals surface area (Å²) in [5, 5.41) is 0. The van der Waals surface area contributed by atoms with Gasteiger partial charge in [-0.25, -0.2) is 9.36 Å². The van der Waals surface area contributed by atoms with E-state index in [0.717, 1.165) is 6.26 Å². The summed E-state index contributed by atoms with van der Waals surface area (Å²) >= 11 is 0. The second-order valence-corrected chi connectivity index (χ2v) is 9.14. The molecule has 4 unspecified atom stereocenters. The Morgan fingerprint density at radius 2 is 1.84 bits per heavy atom. The lowest BCUT2D eigenvalue weighted by molar-refractivity contribution is -0.139. The van der Waals surface area contributed by atoms with Crippen LogP contribution in [0.25, 0.3) is 0 Å². The summed E-state index contributed by atoms with van der Waals surface area (Å²) in [4.78, 5) is 12.0.